The van der Waals surface area contributed by atoms with Crippen molar-refractivity contribution in [3.05, 3.63) is 38.7 Å². The van der Waals surface area contributed by atoms with Crippen LogP contribution in [0.3, 0.4) is 0 Å². The van der Waals surface area contributed by atoms with Crippen molar-refractivity contribution in [2.24, 2.45) is 14.1 Å². The zero-order valence-electron chi connectivity index (χ0n) is 16.0. The molecule has 1 saturated heterocycles. The lowest BCUT2D eigenvalue weighted by atomic mass is 10.2. The van der Waals surface area contributed by atoms with Crippen molar-refractivity contribution in [1.82, 2.24) is 24.3 Å². The van der Waals surface area contributed by atoms with E-state index in [9.17, 15) is 14.4 Å². The number of fused-ring (bicyclic) bond motifs is 1. The van der Waals surface area contributed by atoms with Crippen molar-refractivity contribution in [3.8, 4) is 0 Å². The Morgan fingerprint density at radius 2 is 1.78 bits per heavy atom. The van der Waals surface area contributed by atoms with Gasteiger partial charge in [0.25, 0.3) is 11.5 Å². The Balaban J connectivity index is 1.64. The number of aromatic nitrogens is 3. The summed E-state index contributed by atoms with van der Waals surface area (Å²) in [6.07, 6.45) is 6.02. The minimum Gasteiger partial charge on any atom is -0.351 e. The monoisotopic (exact) mass is 373 g/mol. The third-order valence-corrected chi connectivity index (χ3v) is 5.17. The summed E-state index contributed by atoms with van der Waals surface area (Å²) in [5, 5.41) is 3.20. The van der Waals surface area contributed by atoms with E-state index in [4.69, 9.17) is 0 Å². The molecule has 1 aliphatic heterocycles. The summed E-state index contributed by atoms with van der Waals surface area (Å²) < 4.78 is 2.32. The van der Waals surface area contributed by atoms with Crippen molar-refractivity contribution in [2.75, 3.05) is 26.2 Å². The molecule has 0 spiro atoms. The maximum absolute atomic E-state index is 12.4. The molecule has 1 aliphatic rings. The number of hydrogen-bond donors (Lipinski definition) is 1. The largest absolute Gasteiger partial charge is 0.351 e. The van der Waals surface area contributed by atoms with Gasteiger partial charge in [0.05, 0.1) is 5.39 Å². The van der Waals surface area contributed by atoms with E-state index in [1.807, 2.05) is 0 Å². The fourth-order valence-electron chi connectivity index (χ4n) is 3.54. The Labute approximate surface area is 157 Å². The molecule has 1 amide bonds. The first-order valence-electron chi connectivity index (χ1n) is 9.56. The van der Waals surface area contributed by atoms with Gasteiger partial charge >= 0.3 is 5.69 Å². The average molecular weight is 373 g/mol. The highest BCUT2D eigenvalue weighted by Gasteiger charge is 2.14. The van der Waals surface area contributed by atoms with E-state index in [1.165, 1.54) is 43.4 Å². The molecule has 0 aromatic carbocycles. The Morgan fingerprint density at radius 3 is 2.48 bits per heavy atom. The maximum atomic E-state index is 12.4. The molecule has 2 aromatic rings. The smallest absolute Gasteiger partial charge is 0.332 e. The Morgan fingerprint density at radius 1 is 1.07 bits per heavy atom. The van der Waals surface area contributed by atoms with Gasteiger partial charge < -0.3 is 10.2 Å². The van der Waals surface area contributed by atoms with Crippen LogP contribution in [0.15, 0.2) is 21.7 Å². The molecule has 0 aliphatic carbocycles. The van der Waals surface area contributed by atoms with Crippen molar-refractivity contribution < 1.29 is 4.79 Å². The van der Waals surface area contributed by atoms with Gasteiger partial charge in [-0.05, 0) is 51.0 Å². The fourth-order valence-corrected chi connectivity index (χ4v) is 3.54. The number of carbonyl (C=O) groups is 1. The van der Waals surface area contributed by atoms with E-state index in [0.717, 1.165) is 30.6 Å². The highest BCUT2D eigenvalue weighted by atomic mass is 16.2. The van der Waals surface area contributed by atoms with Crippen LogP contribution in [-0.4, -0.2) is 51.1 Å². The van der Waals surface area contributed by atoms with Gasteiger partial charge in [0, 0.05) is 20.6 Å². The molecule has 0 bridgehead atoms. The van der Waals surface area contributed by atoms with Crippen LogP contribution < -0.4 is 16.6 Å². The number of amides is 1. The van der Waals surface area contributed by atoms with Gasteiger partial charge in [-0.25, -0.2) is 9.78 Å². The lowest BCUT2D eigenvalue weighted by Gasteiger charge is -2.19. The molecule has 146 valence electrons. The number of nitrogens with zero attached hydrogens (tertiary/aromatic N) is 4. The van der Waals surface area contributed by atoms with Crippen LogP contribution >= 0.6 is 0 Å². The van der Waals surface area contributed by atoms with Crippen molar-refractivity contribution in [1.29, 1.82) is 0 Å². The highest BCUT2D eigenvalue weighted by Crippen LogP contribution is 2.10. The maximum Gasteiger partial charge on any atom is 0.332 e. The lowest BCUT2D eigenvalue weighted by Crippen LogP contribution is -2.37. The standard InChI is InChI=1S/C19H27N5O3/c1-22-16-14(18(26)23(2)19(22)27)8-9-15(21-16)17(25)20-10-7-13-24-11-5-3-4-6-12-24/h8-9H,3-7,10-13H2,1-2H3,(H,20,25). The van der Waals surface area contributed by atoms with Gasteiger partial charge in [0.1, 0.15) is 11.3 Å². The van der Waals surface area contributed by atoms with Gasteiger partial charge in [0.15, 0.2) is 0 Å². The number of likely N-dealkylation sites (tertiary alicyclic amines) is 1. The number of nitrogens with one attached hydrogen (secondary N) is 1. The molecule has 1 N–H and O–H groups in total. The van der Waals surface area contributed by atoms with Gasteiger partial charge in [-0.2, -0.15) is 0 Å². The zero-order valence-corrected chi connectivity index (χ0v) is 16.0. The molecular formula is C19H27N5O3. The molecule has 0 radical (unpaired) electrons. The summed E-state index contributed by atoms with van der Waals surface area (Å²) >= 11 is 0. The molecular weight excluding hydrogens is 346 g/mol. The highest BCUT2D eigenvalue weighted by molar-refractivity contribution is 5.94. The molecule has 3 heterocycles. The van der Waals surface area contributed by atoms with Gasteiger partial charge in [0.2, 0.25) is 0 Å². The summed E-state index contributed by atoms with van der Waals surface area (Å²) in [7, 11) is 2.97. The Hall–Kier alpha value is -2.48. The number of aryl methyl sites for hydroxylation is 1. The first-order valence-corrected chi connectivity index (χ1v) is 9.56. The predicted molar refractivity (Wildman–Crippen MR) is 104 cm³/mol. The summed E-state index contributed by atoms with van der Waals surface area (Å²) in [6, 6.07) is 3.08. The number of rotatable bonds is 5. The second kappa shape index (κ2) is 8.47. The number of pyridine rings is 1. The van der Waals surface area contributed by atoms with Crippen molar-refractivity contribution >= 4 is 16.9 Å². The average Bonchev–Trinajstić information content (AvgIpc) is 2.96. The molecule has 0 unspecified atom stereocenters. The summed E-state index contributed by atoms with van der Waals surface area (Å²) in [5.74, 6) is -0.291. The van der Waals surface area contributed by atoms with Crippen LogP contribution in [0.1, 0.15) is 42.6 Å². The van der Waals surface area contributed by atoms with E-state index >= 15 is 0 Å². The first-order chi connectivity index (χ1) is 13.0. The van der Waals surface area contributed by atoms with Crippen LogP contribution in [0.25, 0.3) is 11.0 Å². The predicted octanol–water partition coefficient (Wildman–Crippen LogP) is 0.628. The molecule has 8 heteroatoms. The first kappa shape index (κ1) is 19.3. The van der Waals surface area contributed by atoms with E-state index in [1.54, 1.807) is 13.1 Å². The third-order valence-electron chi connectivity index (χ3n) is 5.17. The van der Waals surface area contributed by atoms with Crippen LogP contribution in [0.5, 0.6) is 0 Å². The van der Waals surface area contributed by atoms with Crippen molar-refractivity contribution in [3.63, 3.8) is 0 Å². The quantitative estimate of drug-likeness (QED) is 0.777. The molecule has 0 atom stereocenters. The number of carbonyl (C=O) groups excluding carboxylic acids is 1. The molecule has 27 heavy (non-hydrogen) atoms. The van der Waals surface area contributed by atoms with Crippen molar-refractivity contribution in [2.45, 2.75) is 32.1 Å². The van der Waals surface area contributed by atoms with E-state index < -0.39 is 11.2 Å². The normalized spacial score (nSPS) is 15.6. The number of hydrogen-bond acceptors (Lipinski definition) is 5. The van der Waals surface area contributed by atoms with Crippen LogP contribution in [0.4, 0.5) is 0 Å². The van der Waals surface area contributed by atoms with Crippen LogP contribution in [-0.2, 0) is 14.1 Å². The topological polar surface area (TPSA) is 89.2 Å². The minimum absolute atomic E-state index is 0.209. The zero-order chi connectivity index (χ0) is 19.4. The van der Waals surface area contributed by atoms with Gasteiger partial charge in [-0.1, -0.05) is 12.8 Å². The lowest BCUT2D eigenvalue weighted by molar-refractivity contribution is 0.0947. The Bertz CT molecular complexity index is 939. The second-order valence-electron chi connectivity index (χ2n) is 7.14. The van der Waals surface area contributed by atoms with Gasteiger partial charge in [-0.3, -0.25) is 18.7 Å². The second-order valence-corrected chi connectivity index (χ2v) is 7.14. The molecule has 3 rings (SSSR count). The van der Waals surface area contributed by atoms with Crippen LogP contribution in [0, 0.1) is 0 Å². The summed E-state index contributed by atoms with van der Waals surface area (Å²) in [4.78, 5) is 43.3. The van der Waals surface area contributed by atoms with E-state index in [0.29, 0.717) is 11.9 Å². The molecule has 2 aromatic heterocycles. The SMILES string of the molecule is Cn1c(=O)c2ccc(C(=O)NCCCN3CCCCCC3)nc2n(C)c1=O. The molecule has 1 fully saturated rings. The molecule has 8 nitrogen and oxygen atoms in total. The van der Waals surface area contributed by atoms with Gasteiger partial charge in [-0.15, -0.1) is 0 Å². The summed E-state index contributed by atoms with van der Waals surface area (Å²) in [5.41, 5.74) is -0.444. The van der Waals surface area contributed by atoms with E-state index in [-0.39, 0.29) is 17.2 Å². The Kier molecular flexibility index (Phi) is 6.05. The molecule has 0 saturated carbocycles. The third kappa shape index (κ3) is 4.27. The van der Waals surface area contributed by atoms with Crippen LogP contribution in [0.2, 0.25) is 0 Å². The minimum atomic E-state index is -0.463. The summed E-state index contributed by atoms with van der Waals surface area (Å²) in [6.45, 7) is 3.84. The fraction of sp³-hybridized carbons (Fsp3) is 0.579. The van der Waals surface area contributed by atoms with E-state index in [2.05, 4.69) is 15.2 Å².